The van der Waals surface area contributed by atoms with Gasteiger partial charge in [-0.2, -0.15) is 8.78 Å². The summed E-state index contributed by atoms with van der Waals surface area (Å²) in [7, 11) is 1.58. The second kappa shape index (κ2) is 16.4. The molecule has 1 fully saturated rings. The van der Waals surface area contributed by atoms with Gasteiger partial charge in [-0.3, -0.25) is 19.3 Å². The van der Waals surface area contributed by atoms with Crippen molar-refractivity contribution in [2.24, 2.45) is 11.8 Å². The summed E-state index contributed by atoms with van der Waals surface area (Å²) in [4.78, 5) is 60.1. The quantitative estimate of drug-likeness (QED) is 0.0839. The summed E-state index contributed by atoms with van der Waals surface area (Å²) in [6.07, 6.45) is 1.45. The minimum atomic E-state index is -2.41. The summed E-state index contributed by atoms with van der Waals surface area (Å²) in [5.74, 6) is -16.8. The molecular formula is C33H43F5N4O6S. The van der Waals surface area contributed by atoms with Gasteiger partial charge in [0.25, 0.3) is 0 Å². The van der Waals surface area contributed by atoms with Crippen LogP contribution in [0.1, 0.15) is 95.7 Å². The molecule has 2 heterocycles. The molecule has 4 atom stereocenters. The Morgan fingerprint density at radius 1 is 1.00 bits per heavy atom. The number of nitrogens with zero attached hydrogens (tertiary/aromatic N) is 3. The lowest BCUT2D eigenvalue weighted by Crippen LogP contribution is -2.60. The molecule has 0 radical (unpaired) electrons. The average molecular weight is 719 g/mol. The Morgan fingerprint density at radius 3 is 2.06 bits per heavy atom. The lowest BCUT2D eigenvalue weighted by molar-refractivity contribution is -0.149. The molecule has 10 nitrogen and oxygen atoms in total. The summed E-state index contributed by atoms with van der Waals surface area (Å²) in [5.41, 5.74) is -1.38. The Hall–Kier alpha value is -3.66. The third-order valence-corrected chi connectivity index (χ3v) is 9.90. The molecule has 0 bridgehead atoms. The molecule has 3 rings (SSSR count). The van der Waals surface area contributed by atoms with Crippen molar-refractivity contribution >= 4 is 35.1 Å². The number of thiazole rings is 1. The fraction of sp³-hybridized carbons (Fsp3) is 0.606. The molecular weight excluding hydrogens is 675 g/mol. The molecule has 1 aliphatic heterocycles. The van der Waals surface area contributed by atoms with E-state index in [1.165, 1.54) is 4.90 Å². The van der Waals surface area contributed by atoms with Crippen LogP contribution in [0.3, 0.4) is 0 Å². The lowest BCUT2D eigenvalue weighted by Gasteiger charge is -2.39. The molecule has 0 spiro atoms. The third kappa shape index (κ3) is 8.93. The SMILES string of the molecule is CCC(C)C(NC(=O)C(C)(C)N1CCCC1)C(=O)N(C)C(CC(OC(C)=O)c1nc(C(=O)Oc2c(F)c(F)c(F)c(F)c2F)cs1)C(C)C. The Balaban J connectivity index is 1.86. The number of ether oxygens (including phenoxy) is 2. The first-order valence-corrected chi connectivity index (χ1v) is 16.9. The van der Waals surface area contributed by atoms with Gasteiger partial charge in [-0.05, 0) is 51.6 Å². The number of aromatic nitrogens is 1. The molecule has 4 unspecified atom stereocenters. The van der Waals surface area contributed by atoms with E-state index in [1.54, 1.807) is 7.05 Å². The molecule has 1 aliphatic rings. The molecule has 0 aliphatic carbocycles. The highest BCUT2D eigenvalue weighted by Crippen LogP contribution is 2.33. The molecule has 1 N–H and O–H groups in total. The summed E-state index contributed by atoms with van der Waals surface area (Å²) in [6.45, 7) is 13.8. The van der Waals surface area contributed by atoms with Crippen molar-refractivity contribution in [1.82, 2.24) is 20.1 Å². The van der Waals surface area contributed by atoms with Gasteiger partial charge >= 0.3 is 11.9 Å². The second-order valence-corrected chi connectivity index (χ2v) is 13.9. The zero-order valence-corrected chi connectivity index (χ0v) is 29.6. The monoisotopic (exact) mass is 718 g/mol. The van der Waals surface area contributed by atoms with Crippen LogP contribution in [0.15, 0.2) is 5.38 Å². The second-order valence-electron chi connectivity index (χ2n) is 13.0. The number of halogens is 5. The Morgan fingerprint density at radius 2 is 1.55 bits per heavy atom. The summed E-state index contributed by atoms with van der Waals surface area (Å²) >= 11 is 0.818. The topological polar surface area (TPSA) is 118 Å². The van der Waals surface area contributed by atoms with Crippen molar-refractivity contribution in [3.05, 3.63) is 45.2 Å². The predicted molar refractivity (Wildman–Crippen MR) is 170 cm³/mol. The normalized spacial score (nSPS) is 16.2. The van der Waals surface area contributed by atoms with E-state index in [-0.39, 0.29) is 35.1 Å². The molecule has 1 aromatic heterocycles. The first-order valence-electron chi connectivity index (χ1n) is 16.0. The van der Waals surface area contributed by atoms with Gasteiger partial charge in [0.2, 0.25) is 46.6 Å². The van der Waals surface area contributed by atoms with Crippen molar-refractivity contribution < 1.29 is 50.6 Å². The van der Waals surface area contributed by atoms with Crippen LogP contribution >= 0.6 is 11.3 Å². The zero-order chi connectivity index (χ0) is 37.0. The number of hydrogen-bond donors (Lipinski definition) is 1. The molecule has 1 saturated heterocycles. The minimum absolute atomic E-state index is 0.000425. The average Bonchev–Trinajstić information content (AvgIpc) is 3.78. The van der Waals surface area contributed by atoms with Crippen molar-refractivity contribution in [3.8, 4) is 5.75 Å². The van der Waals surface area contributed by atoms with E-state index < -0.39 is 76.2 Å². The number of likely N-dealkylation sites (tertiary alicyclic amines) is 1. The largest absolute Gasteiger partial charge is 0.455 e. The highest BCUT2D eigenvalue weighted by molar-refractivity contribution is 7.09. The van der Waals surface area contributed by atoms with Crippen LogP contribution in [0.25, 0.3) is 0 Å². The summed E-state index contributed by atoms with van der Waals surface area (Å²) in [6, 6.07) is -1.44. The van der Waals surface area contributed by atoms with Crippen LogP contribution in [-0.2, 0) is 19.1 Å². The third-order valence-electron chi connectivity index (χ3n) is 8.97. The first-order chi connectivity index (χ1) is 22.8. The molecule has 2 aromatic rings. The van der Waals surface area contributed by atoms with Crippen molar-refractivity contribution in [2.75, 3.05) is 20.1 Å². The fourth-order valence-electron chi connectivity index (χ4n) is 5.65. The molecule has 2 amide bonds. The van der Waals surface area contributed by atoms with E-state index >= 15 is 0 Å². The maximum absolute atomic E-state index is 14.1. The number of esters is 2. The molecule has 49 heavy (non-hydrogen) atoms. The van der Waals surface area contributed by atoms with Gasteiger partial charge < -0.3 is 19.7 Å². The van der Waals surface area contributed by atoms with Crippen LogP contribution in [-0.4, -0.2) is 76.3 Å². The van der Waals surface area contributed by atoms with E-state index in [9.17, 15) is 41.1 Å². The van der Waals surface area contributed by atoms with Crippen LogP contribution in [0.4, 0.5) is 22.0 Å². The highest BCUT2D eigenvalue weighted by Gasteiger charge is 2.41. The van der Waals surface area contributed by atoms with Gasteiger partial charge in [0.1, 0.15) is 11.0 Å². The smallest absolute Gasteiger partial charge is 0.363 e. The van der Waals surface area contributed by atoms with Crippen molar-refractivity contribution in [3.63, 3.8) is 0 Å². The summed E-state index contributed by atoms with van der Waals surface area (Å²) in [5, 5.41) is 4.14. The van der Waals surface area contributed by atoms with E-state index in [0.717, 1.165) is 49.6 Å². The van der Waals surface area contributed by atoms with Crippen LogP contribution < -0.4 is 10.1 Å². The highest BCUT2D eigenvalue weighted by atomic mass is 32.1. The van der Waals surface area contributed by atoms with Crippen molar-refractivity contribution in [1.29, 1.82) is 0 Å². The lowest BCUT2D eigenvalue weighted by atomic mass is 9.92. The Kier molecular flexibility index (Phi) is 13.3. The van der Waals surface area contributed by atoms with E-state index in [4.69, 9.17) is 4.74 Å². The minimum Gasteiger partial charge on any atom is -0.455 e. The number of nitrogens with one attached hydrogen (secondary N) is 1. The number of rotatable bonds is 14. The van der Waals surface area contributed by atoms with Crippen LogP contribution in [0.2, 0.25) is 0 Å². The Labute approximate surface area is 286 Å². The molecule has 1 aromatic carbocycles. The van der Waals surface area contributed by atoms with Gasteiger partial charge in [0.15, 0.2) is 11.8 Å². The maximum atomic E-state index is 14.1. The standard InChI is InChI=1S/C33H43F5N4O6S/c1-9-17(4)27(40-32(46)33(6,7)42-12-10-11-13-42)30(44)41(8)20(16(2)3)14-21(47-18(5)43)29-39-19(15-49-29)31(45)48-28-25(37)23(35)22(34)24(36)26(28)38/h15-17,20-21,27H,9-14H2,1-8H3,(H,40,46). The Bertz CT molecular complexity index is 1520. The number of carbonyl (C=O) groups excluding carboxylic acids is 4. The van der Waals surface area contributed by atoms with Crippen LogP contribution in [0.5, 0.6) is 5.75 Å². The van der Waals surface area contributed by atoms with E-state index in [2.05, 4.69) is 19.9 Å². The van der Waals surface area contributed by atoms with Gasteiger partial charge in [-0.15, -0.1) is 11.3 Å². The number of likely N-dealkylation sites (N-methyl/N-ethyl adjacent to an activating group) is 1. The van der Waals surface area contributed by atoms with Gasteiger partial charge in [0.05, 0.1) is 5.54 Å². The van der Waals surface area contributed by atoms with Gasteiger partial charge in [-0.1, -0.05) is 34.1 Å². The first kappa shape index (κ1) is 39.8. The fourth-order valence-corrected chi connectivity index (χ4v) is 6.48. The van der Waals surface area contributed by atoms with E-state index in [0.29, 0.717) is 6.42 Å². The number of amides is 2. The molecule has 0 saturated carbocycles. The zero-order valence-electron chi connectivity index (χ0n) is 28.8. The van der Waals surface area contributed by atoms with E-state index in [1.807, 2.05) is 41.5 Å². The van der Waals surface area contributed by atoms with Gasteiger partial charge in [0, 0.05) is 31.8 Å². The van der Waals surface area contributed by atoms with Crippen molar-refractivity contribution in [2.45, 2.75) is 97.9 Å². The number of hydrogen-bond acceptors (Lipinski definition) is 9. The van der Waals surface area contributed by atoms with Crippen LogP contribution in [0, 0.1) is 40.9 Å². The predicted octanol–water partition coefficient (Wildman–Crippen LogP) is 5.94. The number of benzene rings is 1. The van der Waals surface area contributed by atoms with Gasteiger partial charge in [-0.25, -0.2) is 22.9 Å². The molecule has 16 heteroatoms. The summed E-state index contributed by atoms with van der Waals surface area (Å²) < 4.78 is 78.9. The number of carbonyl (C=O) groups is 4. The molecule has 272 valence electrons. The maximum Gasteiger partial charge on any atom is 0.363 e.